The van der Waals surface area contributed by atoms with E-state index in [-0.39, 0.29) is 12.5 Å². The van der Waals surface area contributed by atoms with Crippen LogP contribution in [0.3, 0.4) is 0 Å². The maximum Gasteiger partial charge on any atom is 0.330 e. The Hall–Kier alpha value is -0.690. The second kappa shape index (κ2) is 5.77. The summed E-state index contributed by atoms with van der Waals surface area (Å²) < 4.78 is 53.1. The first-order valence-electron chi connectivity index (χ1n) is 5.01. The van der Waals surface area contributed by atoms with Crippen molar-refractivity contribution in [2.45, 2.75) is 38.7 Å². The van der Waals surface area contributed by atoms with E-state index in [1.807, 2.05) is 13.8 Å². The van der Waals surface area contributed by atoms with Crippen LogP contribution in [0.4, 0.5) is 17.6 Å². The molecule has 1 rings (SSSR count). The van der Waals surface area contributed by atoms with Crippen molar-refractivity contribution >= 4 is 11.3 Å². The molecule has 0 fully saturated rings. The van der Waals surface area contributed by atoms with Gasteiger partial charge in [0.1, 0.15) is 11.6 Å². The Kier molecular flexibility index (Phi) is 4.88. The summed E-state index contributed by atoms with van der Waals surface area (Å²) in [5, 5.41) is 2.31. The number of halogens is 4. The lowest BCUT2D eigenvalue weighted by molar-refractivity contribution is -0.168. The number of rotatable bonds is 6. The second-order valence-electron chi connectivity index (χ2n) is 3.88. The minimum Gasteiger partial charge on any atom is -0.368 e. The number of hydrogen-bond acceptors (Lipinski definition) is 3. The molecule has 0 spiro atoms. The predicted octanol–water partition coefficient (Wildman–Crippen LogP) is 3.68. The van der Waals surface area contributed by atoms with Gasteiger partial charge in [0.15, 0.2) is 0 Å². The number of nitrogens with zero attached hydrogens (tertiary/aromatic N) is 1. The zero-order valence-corrected chi connectivity index (χ0v) is 10.2. The highest BCUT2D eigenvalue weighted by molar-refractivity contribution is 7.09. The van der Waals surface area contributed by atoms with Gasteiger partial charge >= 0.3 is 12.3 Å². The highest BCUT2D eigenvalue weighted by Gasteiger charge is 2.40. The number of ether oxygens (including phenoxy) is 1. The molecule has 7 heteroatoms. The number of hydrogen-bond donors (Lipinski definition) is 0. The van der Waals surface area contributed by atoms with Crippen molar-refractivity contribution in [2.24, 2.45) is 0 Å². The van der Waals surface area contributed by atoms with Gasteiger partial charge in [0, 0.05) is 5.38 Å². The molecule has 2 nitrogen and oxygen atoms in total. The minimum atomic E-state index is -4.10. The van der Waals surface area contributed by atoms with E-state index in [1.165, 1.54) is 11.3 Å². The molecule has 0 amide bonds. The molecule has 98 valence electrons. The van der Waals surface area contributed by atoms with Crippen molar-refractivity contribution in [3.63, 3.8) is 0 Å². The highest BCUT2D eigenvalue weighted by atomic mass is 32.1. The quantitative estimate of drug-likeness (QED) is 0.736. The van der Waals surface area contributed by atoms with Crippen LogP contribution in [0.5, 0.6) is 0 Å². The van der Waals surface area contributed by atoms with Crippen LogP contribution in [0.15, 0.2) is 5.38 Å². The van der Waals surface area contributed by atoms with Crippen LogP contribution in [-0.4, -0.2) is 23.9 Å². The fraction of sp³-hybridized carbons (Fsp3) is 0.700. The molecule has 0 aliphatic carbocycles. The van der Waals surface area contributed by atoms with Gasteiger partial charge in [-0.2, -0.15) is 8.78 Å². The Labute approximate surface area is 101 Å². The molecule has 0 aliphatic rings. The topological polar surface area (TPSA) is 22.1 Å². The SMILES string of the molecule is CC(C)c1csc(COCC(F)(F)C(F)F)n1. The van der Waals surface area contributed by atoms with Crippen molar-refractivity contribution in [1.82, 2.24) is 4.98 Å². The molecule has 0 saturated heterocycles. The summed E-state index contributed by atoms with van der Waals surface area (Å²) in [4.78, 5) is 4.14. The average molecular weight is 271 g/mol. The molecule has 0 radical (unpaired) electrons. The fourth-order valence-corrected chi connectivity index (χ4v) is 1.89. The first kappa shape index (κ1) is 14.4. The summed E-state index contributed by atoms with van der Waals surface area (Å²) in [5.41, 5.74) is 0.842. The number of alkyl halides is 4. The minimum absolute atomic E-state index is 0.167. The molecule has 0 aliphatic heterocycles. The van der Waals surface area contributed by atoms with Crippen molar-refractivity contribution in [2.75, 3.05) is 6.61 Å². The van der Waals surface area contributed by atoms with Crippen LogP contribution in [0.25, 0.3) is 0 Å². The molecule has 0 saturated carbocycles. The Morgan fingerprint density at radius 3 is 2.53 bits per heavy atom. The predicted molar refractivity (Wildman–Crippen MR) is 56.8 cm³/mol. The van der Waals surface area contributed by atoms with Crippen LogP contribution >= 0.6 is 11.3 Å². The van der Waals surface area contributed by atoms with E-state index in [1.54, 1.807) is 5.38 Å². The van der Waals surface area contributed by atoms with Gasteiger partial charge in [0.05, 0.1) is 12.3 Å². The summed E-state index contributed by atoms with van der Waals surface area (Å²) >= 11 is 1.27. The molecule has 1 aromatic heterocycles. The standard InChI is InChI=1S/C10H13F4NOS/c1-6(2)7-4-17-8(15-7)3-16-5-10(13,14)9(11)12/h4,6,9H,3,5H2,1-2H3. The van der Waals surface area contributed by atoms with E-state index in [0.717, 1.165) is 5.69 Å². The molecule has 17 heavy (non-hydrogen) atoms. The molecule has 0 atom stereocenters. The van der Waals surface area contributed by atoms with Gasteiger partial charge in [0.2, 0.25) is 0 Å². The van der Waals surface area contributed by atoms with Gasteiger partial charge in [-0.15, -0.1) is 11.3 Å². The van der Waals surface area contributed by atoms with E-state index >= 15 is 0 Å². The molecule has 1 heterocycles. The van der Waals surface area contributed by atoms with Gasteiger partial charge in [-0.05, 0) is 5.92 Å². The van der Waals surface area contributed by atoms with Gasteiger partial charge < -0.3 is 4.74 Å². The van der Waals surface area contributed by atoms with Crippen LogP contribution in [-0.2, 0) is 11.3 Å². The lowest BCUT2D eigenvalue weighted by Crippen LogP contribution is -2.32. The summed E-state index contributed by atoms with van der Waals surface area (Å²) in [6.07, 6.45) is -3.70. The molecular formula is C10H13F4NOS. The Morgan fingerprint density at radius 1 is 1.41 bits per heavy atom. The Balaban J connectivity index is 2.41. The van der Waals surface area contributed by atoms with E-state index in [4.69, 9.17) is 0 Å². The van der Waals surface area contributed by atoms with Crippen LogP contribution in [0.2, 0.25) is 0 Å². The Morgan fingerprint density at radius 2 is 2.06 bits per heavy atom. The molecule has 0 unspecified atom stereocenters. The Bertz CT molecular complexity index is 354. The smallest absolute Gasteiger partial charge is 0.330 e. The third-order valence-electron chi connectivity index (χ3n) is 2.00. The van der Waals surface area contributed by atoms with E-state index in [2.05, 4.69) is 9.72 Å². The lowest BCUT2D eigenvalue weighted by Gasteiger charge is -2.14. The zero-order valence-electron chi connectivity index (χ0n) is 9.42. The van der Waals surface area contributed by atoms with E-state index < -0.39 is 19.0 Å². The van der Waals surface area contributed by atoms with Gasteiger partial charge in [-0.25, -0.2) is 13.8 Å². The second-order valence-corrected chi connectivity index (χ2v) is 4.82. The largest absolute Gasteiger partial charge is 0.368 e. The van der Waals surface area contributed by atoms with E-state index in [0.29, 0.717) is 5.01 Å². The monoisotopic (exact) mass is 271 g/mol. The normalized spacial score (nSPS) is 12.7. The summed E-state index contributed by atoms with van der Waals surface area (Å²) in [6.45, 7) is 2.44. The maximum absolute atomic E-state index is 12.5. The summed E-state index contributed by atoms with van der Waals surface area (Å²) in [7, 11) is 0. The van der Waals surface area contributed by atoms with E-state index in [9.17, 15) is 17.6 Å². The van der Waals surface area contributed by atoms with Gasteiger partial charge in [0.25, 0.3) is 0 Å². The maximum atomic E-state index is 12.5. The highest BCUT2D eigenvalue weighted by Crippen LogP contribution is 2.24. The van der Waals surface area contributed by atoms with Crippen LogP contribution in [0.1, 0.15) is 30.5 Å². The molecule has 0 bridgehead atoms. The lowest BCUT2D eigenvalue weighted by atomic mass is 10.2. The zero-order chi connectivity index (χ0) is 13.1. The third kappa shape index (κ3) is 4.23. The van der Waals surface area contributed by atoms with Crippen molar-refractivity contribution in [3.05, 3.63) is 16.1 Å². The van der Waals surface area contributed by atoms with Crippen LogP contribution < -0.4 is 0 Å². The van der Waals surface area contributed by atoms with Crippen LogP contribution in [0, 0.1) is 0 Å². The fourth-order valence-electron chi connectivity index (χ4n) is 0.994. The first-order chi connectivity index (χ1) is 7.83. The molecule has 0 N–H and O–H groups in total. The molecular weight excluding hydrogens is 258 g/mol. The number of aromatic nitrogens is 1. The summed E-state index contributed by atoms with van der Waals surface area (Å²) in [6, 6.07) is 0. The first-order valence-corrected chi connectivity index (χ1v) is 5.89. The molecule has 0 aromatic carbocycles. The van der Waals surface area contributed by atoms with Gasteiger partial charge in [-0.3, -0.25) is 0 Å². The number of thiazole rings is 1. The van der Waals surface area contributed by atoms with Crippen molar-refractivity contribution < 1.29 is 22.3 Å². The molecule has 1 aromatic rings. The van der Waals surface area contributed by atoms with Crippen molar-refractivity contribution in [1.29, 1.82) is 0 Å². The summed E-state index contributed by atoms with van der Waals surface area (Å²) in [5.74, 6) is -3.86. The average Bonchev–Trinajstić information content (AvgIpc) is 2.66. The van der Waals surface area contributed by atoms with Crippen molar-refractivity contribution in [3.8, 4) is 0 Å². The third-order valence-corrected chi connectivity index (χ3v) is 2.84. The van der Waals surface area contributed by atoms with Gasteiger partial charge in [-0.1, -0.05) is 13.8 Å².